The van der Waals surface area contributed by atoms with Crippen LogP contribution in [0, 0.1) is 5.92 Å². The number of carboxylic acids is 2. The van der Waals surface area contributed by atoms with E-state index < -0.39 is 72.3 Å². The fourth-order valence-electron chi connectivity index (χ4n) is 3.23. The number of carbonyl (C=O) groups is 5. The number of aliphatic hydroxyl groups excluding tert-OH is 1. The lowest BCUT2D eigenvalue weighted by atomic mass is 9.97. The van der Waals surface area contributed by atoms with Gasteiger partial charge in [-0.3, -0.25) is 19.2 Å². The van der Waals surface area contributed by atoms with Crippen molar-refractivity contribution in [1.82, 2.24) is 16.0 Å². The Bertz CT molecular complexity index is 936. The fraction of sp³-hybridized carbons (Fsp3) is 0.522. The van der Waals surface area contributed by atoms with Crippen molar-refractivity contribution in [2.75, 3.05) is 0 Å². The zero-order valence-corrected chi connectivity index (χ0v) is 20.3. The van der Waals surface area contributed by atoms with Crippen molar-refractivity contribution in [1.29, 1.82) is 0 Å². The number of aromatic hydroxyl groups is 1. The second-order valence-electron chi connectivity index (χ2n) is 8.57. The number of amides is 3. The highest BCUT2D eigenvalue weighted by atomic mass is 16.4. The number of benzene rings is 1. The normalized spacial score (nSPS) is 15.9. The predicted octanol–water partition coefficient (Wildman–Crippen LogP) is -1.30. The van der Waals surface area contributed by atoms with Gasteiger partial charge in [0.25, 0.3) is 0 Å². The molecule has 6 atom stereocenters. The Morgan fingerprint density at radius 3 is 1.92 bits per heavy atom. The van der Waals surface area contributed by atoms with Crippen LogP contribution in [0.25, 0.3) is 0 Å². The first-order chi connectivity index (χ1) is 16.8. The zero-order valence-electron chi connectivity index (χ0n) is 20.3. The van der Waals surface area contributed by atoms with E-state index >= 15 is 0 Å². The number of carboxylic acid groups (broad SMARTS) is 2. The van der Waals surface area contributed by atoms with Crippen molar-refractivity contribution in [2.45, 2.75) is 70.3 Å². The smallest absolute Gasteiger partial charge is 0.328 e. The molecule has 0 heterocycles. The molecule has 1 rings (SSSR count). The molecule has 0 spiro atoms. The van der Waals surface area contributed by atoms with E-state index in [2.05, 4.69) is 16.0 Å². The van der Waals surface area contributed by atoms with Gasteiger partial charge in [0.15, 0.2) is 6.04 Å². The van der Waals surface area contributed by atoms with Gasteiger partial charge in [-0.15, -0.1) is 0 Å². The molecule has 6 unspecified atom stereocenters. The van der Waals surface area contributed by atoms with Crippen molar-refractivity contribution >= 4 is 29.7 Å². The maximum Gasteiger partial charge on any atom is 0.328 e. The summed E-state index contributed by atoms with van der Waals surface area (Å²) >= 11 is 0. The number of hydrogen-bond acceptors (Lipinski definition) is 8. The van der Waals surface area contributed by atoms with Crippen LogP contribution in [0.15, 0.2) is 24.3 Å². The molecule has 9 N–H and O–H groups in total. The van der Waals surface area contributed by atoms with Crippen molar-refractivity contribution in [2.24, 2.45) is 11.7 Å². The number of phenols is 1. The first-order valence-electron chi connectivity index (χ1n) is 11.3. The Hall–Kier alpha value is -3.71. The van der Waals surface area contributed by atoms with Gasteiger partial charge in [-0.2, -0.15) is 0 Å². The molecule has 0 radical (unpaired) electrons. The number of hydrogen-bond donors (Lipinski definition) is 8. The lowest BCUT2D eigenvalue weighted by molar-refractivity contribution is -0.146. The van der Waals surface area contributed by atoms with Crippen molar-refractivity contribution in [3.63, 3.8) is 0 Å². The SMILES string of the molecule is CCC(C)C(NC(=O)C(CC(=O)O)NC(=O)C(N)Cc1ccc(O)cc1)C(=O)NC(C(=O)O)C(C)O. The van der Waals surface area contributed by atoms with E-state index in [1.165, 1.54) is 19.1 Å². The van der Waals surface area contributed by atoms with Gasteiger partial charge in [0.1, 0.15) is 17.8 Å². The van der Waals surface area contributed by atoms with Gasteiger partial charge < -0.3 is 42.1 Å². The average Bonchev–Trinajstić information content (AvgIpc) is 2.80. The van der Waals surface area contributed by atoms with E-state index in [9.17, 15) is 44.4 Å². The molecule has 0 aliphatic heterocycles. The Kier molecular flexibility index (Phi) is 11.8. The number of nitrogens with one attached hydrogen (secondary N) is 3. The van der Waals surface area contributed by atoms with Crippen LogP contribution in [-0.2, 0) is 30.4 Å². The second-order valence-corrected chi connectivity index (χ2v) is 8.57. The molecule has 3 amide bonds. The van der Waals surface area contributed by atoms with Crippen LogP contribution in [-0.4, -0.2) is 80.4 Å². The fourth-order valence-corrected chi connectivity index (χ4v) is 3.23. The molecule has 200 valence electrons. The summed E-state index contributed by atoms with van der Waals surface area (Å²) in [6.45, 7) is 4.51. The third kappa shape index (κ3) is 9.50. The standard InChI is InChI=1S/C23H34N4O9/c1-4-11(2)18(22(34)27-19(12(3)28)23(35)36)26-21(33)16(10-17(30)31)25-20(32)15(24)9-13-5-7-14(29)8-6-13/h5-8,11-12,15-16,18-19,28-29H,4,9-10,24H2,1-3H3,(H,25,32)(H,26,33)(H,27,34)(H,30,31)(H,35,36). The monoisotopic (exact) mass is 510 g/mol. The highest BCUT2D eigenvalue weighted by Crippen LogP contribution is 2.12. The molecule has 0 saturated carbocycles. The molecular weight excluding hydrogens is 476 g/mol. The molecule has 36 heavy (non-hydrogen) atoms. The van der Waals surface area contributed by atoms with Crippen molar-refractivity contribution in [3.05, 3.63) is 29.8 Å². The summed E-state index contributed by atoms with van der Waals surface area (Å²) in [7, 11) is 0. The molecule has 1 aromatic rings. The minimum absolute atomic E-state index is 0.0259. The minimum atomic E-state index is -1.63. The Labute approximate surface area is 208 Å². The number of carbonyl (C=O) groups excluding carboxylic acids is 3. The van der Waals surface area contributed by atoms with E-state index in [0.29, 0.717) is 12.0 Å². The van der Waals surface area contributed by atoms with E-state index in [4.69, 9.17) is 5.73 Å². The Morgan fingerprint density at radius 1 is 0.889 bits per heavy atom. The molecule has 0 aromatic heterocycles. The number of aliphatic carboxylic acids is 2. The van der Waals surface area contributed by atoms with Gasteiger partial charge in [0, 0.05) is 0 Å². The Balaban J connectivity index is 3.00. The molecule has 13 nitrogen and oxygen atoms in total. The predicted molar refractivity (Wildman–Crippen MR) is 127 cm³/mol. The molecule has 0 fully saturated rings. The first-order valence-corrected chi connectivity index (χ1v) is 11.3. The number of rotatable bonds is 14. The molecular formula is C23H34N4O9. The summed E-state index contributed by atoms with van der Waals surface area (Å²) in [4.78, 5) is 60.9. The van der Waals surface area contributed by atoms with Gasteiger partial charge in [-0.25, -0.2) is 4.79 Å². The molecule has 0 aliphatic rings. The summed E-state index contributed by atoms with van der Waals surface area (Å²) < 4.78 is 0. The van der Waals surface area contributed by atoms with E-state index in [0.717, 1.165) is 0 Å². The van der Waals surface area contributed by atoms with E-state index in [1.54, 1.807) is 26.0 Å². The molecule has 0 saturated heterocycles. The van der Waals surface area contributed by atoms with Crippen LogP contribution in [0.4, 0.5) is 0 Å². The van der Waals surface area contributed by atoms with Gasteiger partial charge in [-0.1, -0.05) is 32.4 Å². The first kappa shape index (κ1) is 30.3. The lowest BCUT2D eigenvalue weighted by Crippen LogP contribution is -2.60. The van der Waals surface area contributed by atoms with E-state index in [1.807, 2.05) is 0 Å². The maximum absolute atomic E-state index is 12.9. The topological polar surface area (TPSA) is 228 Å². The summed E-state index contributed by atoms with van der Waals surface area (Å²) in [5.41, 5.74) is 6.52. The van der Waals surface area contributed by atoms with Crippen LogP contribution in [0.3, 0.4) is 0 Å². The van der Waals surface area contributed by atoms with Crippen molar-refractivity contribution in [3.8, 4) is 5.75 Å². The maximum atomic E-state index is 12.9. The van der Waals surface area contributed by atoms with E-state index in [-0.39, 0.29) is 12.2 Å². The lowest BCUT2D eigenvalue weighted by Gasteiger charge is -2.28. The largest absolute Gasteiger partial charge is 0.508 e. The van der Waals surface area contributed by atoms with Gasteiger partial charge in [-0.05, 0) is 37.0 Å². The summed E-state index contributed by atoms with van der Waals surface area (Å²) in [6.07, 6.45) is -1.79. The average molecular weight is 511 g/mol. The summed E-state index contributed by atoms with van der Waals surface area (Å²) in [6, 6.07) is 0.297. The highest BCUT2D eigenvalue weighted by molar-refractivity contribution is 5.95. The summed E-state index contributed by atoms with van der Waals surface area (Å²) in [5, 5.41) is 44.3. The van der Waals surface area contributed by atoms with Crippen LogP contribution in [0.1, 0.15) is 39.2 Å². The van der Waals surface area contributed by atoms with Crippen LogP contribution >= 0.6 is 0 Å². The molecule has 1 aromatic carbocycles. The van der Waals surface area contributed by atoms with Gasteiger partial charge in [0.2, 0.25) is 17.7 Å². The van der Waals surface area contributed by atoms with Crippen LogP contribution < -0.4 is 21.7 Å². The number of aliphatic hydroxyl groups is 1. The third-order valence-electron chi connectivity index (χ3n) is 5.58. The summed E-state index contributed by atoms with van der Waals surface area (Å²) in [5.74, 6) is -6.04. The quantitative estimate of drug-likeness (QED) is 0.147. The molecule has 0 aliphatic carbocycles. The minimum Gasteiger partial charge on any atom is -0.508 e. The van der Waals surface area contributed by atoms with Crippen LogP contribution in [0.2, 0.25) is 0 Å². The highest BCUT2D eigenvalue weighted by Gasteiger charge is 2.34. The van der Waals surface area contributed by atoms with Crippen LogP contribution in [0.5, 0.6) is 5.75 Å². The zero-order chi connectivity index (χ0) is 27.6. The number of phenolic OH excluding ortho intramolecular Hbond substituents is 1. The Morgan fingerprint density at radius 2 is 1.44 bits per heavy atom. The number of nitrogens with two attached hydrogens (primary N) is 1. The second kappa shape index (κ2) is 14.0. The molecule has 13 heteroatoms. The van der Waals surface area contributed by atoms with Crippen molar-refractivity contribution < 1.29 is 44.4 Å². The molecule has 0 bridgehead atoms. The van der Waals surface area contributed by atoms with Gasteiger partial charge in [0.05, 0.1) is 18.6 Å². The van der Waals surface area contributed by atoms with Gasteiger partial charge >= 0.3 is 11.9 Å². The third-order valence-corrected chi connectivity index (χ3v) is 5.58.